The minimum atomic E-state index is -3.71. The third kappa shape index (κ3) is 5.85. The van der Waals surface area contributed by atoms with Crippen LogP contribution in [0.5, 0.6) is 0 Å². The molecule has 2 aromatic rings. The average molecular weight is 381 g/mol. The van der Waals surface area contributed by atoms with Gasteiger partial charge in [-0.1, -0.05) is 49.7 Å². The molecule has 0 bridgehead atoms. The van der Waals surface area contributed by atoms with Crippen molar-refractivity contribution in [3.63, 3.8) is 0 Å². The molecule has 2 aromatic carbocycles. The molecular weight excluding hydrogens is 360 g/mol. The Balaban J connectivity index is 1.88. The lowest BCUT2D eigenvalue weighted by Gasteiger charge is -2.10. The molecule has 0 radical (unpaired) electrons. The van der Waals surface area contributed by atoms with Gasteiger partial charge in [-0.15, -0.1) is 0 Å². The van der Waals surface area contributed by atoms with Gasteiger partial charge in [-0.05, 0) is 41.3 Å². The molecule has 0 unspecified atom stereocenters. The summed E-state index contributed by atoms with van der Waals surface area (Å²) in [4.78, 5) is 12.0. The molecule has 0 saturated carbocycles. The molecule has 0 spiro atoms. The number of sulfonamides is 1. The quantitative estimate of drug-likeness (QED) is 0.775. The molecule has 0 heterocycles. The van der Waals surface area contributed by atoms with Gasteiger partial charge in [0.1, 0.15) is 0 Å². The molecule has 2 rings (SSSR count). The van der Waals surface area contributed by atoms with E-state index in [1.807, 2.05) is 13.8 Å². The molecule has 134 valence electrons. The van der Waals surface area contributed by atoms with Crippen LogP contribution in [0.15, 0.2) is 53.4 Å². The maximum absolute atomic E-state index is 12.2. The predicted octanol–water partition coefficient (Wildman–Crippen LogP) is 3.06. The summed E-state index contributed by atoms with van der Waals surface area (Å²) < 4.78 is 26.8. The van der Waals surface area contributed by atoms with E-state index in [2.05, 4.69) is 10.0 Å². The van der Waals surface area contributed by atoms with E-state index >= 15 is 0 Å². The Labute approximate surface area is 153 Å². The molecule has 0 aliphatic carbocycles. The summed E-state index contributed by atoms with van der Waals surface area (Å²) >= 11 is 5.80. The number of carbonyl (C=O) groups excluding carboxylic acids is 1. The summed E-state index contributed by atoms with van der Waals surface area (Å²) in [7, 11) is -3.71. The first-order valence-corrected chi connectivity index (χ1v) is 9.75. The van der Waals surface area contributed by atoms with Crippen LogP contribution < -0.4 is 10.0 Å². The standard InChI is InChI=1S/C18H21ClN2O3S/c1-13(2)15-5-9-17(10-6-15)25(23,24)21-12-18(22)20-11-14-3-7-16(19)8-4-14/h3-10,13,21H,11-12H2,1-2H3,(H,20,22). The molecule has 2 N–H and O–H groups in total. The maximum atomic E-state index is 12.2. The molecule has 0 aliphatic heterocycles. The number of amides is 1. The number of hydrogen-bond donors (Lipinski definition) is 2. The SMILES string of the molecule is CC(C)c1ccc(S(=O)(=O)NCC(=O)NCc2ccc(Cl)cc2)cc1. The van der Waals surface area contributed by atoms with E-state index in [1.54, 1.807) is 48.5 Å². The predicted molar refractivity (Wildman–Crippen MR) is 99.0 cm³/mol. The second-order valence-electron chi connectivity index (χ2n) is 5.95. The summed E-state index contributed by atoms with van der Waals surface area (Å²) in [5.74, 6) is -0.0827. The summed E-state index contributed by atoms with van der Waals surface area (Å²) in [5, 5.41) is 3.27. The van der Waals surface area contributed by atoms with E-state index in [1.165, 1.54) is 0 Å². The van der Waals surface area contributed by atoms with Crippen LogP contribution >= 0.6 is 11.6 Å². The van der Waals surface area contributed by atoms with E-state index in [0.29, 0.717) is 17.5 Å². The highest BCUT2D eigenvalue weighted by molar-refractivity contribution is 7.89. The smallest absolute Gasteiger partial charge is 0.241 e. The topological polar surface area (TPSA) is 75.3 Å². The minimum absolute atomic E-state index is 0.141. The Morgan fingerprint density at radius 3 is 2.20 bits per heavy atom. The van der Waals surface area contributed by atoms with Crippen molar-refractivity contribution in [2.45, 2.75) is 31.2 Å². The van der Waals surface area contributed by atoms with Gasteiger partial charge in [-0.3, -0.25) is 4.79 Å². The summed E-state index contributed by atoms with van der Waals surface area (Å²) in [6.07, 6.45) is 0. The van der Waals surface area contributed by atoms with Crippen LogP contribution in [-0.2, 0) is 21.4 Å². The second kappa shape index (κ2) is 8.47. The lowest BCUT2D eigenvalue weighted by atomic mass is 10.0. The van der Waals surface area contributed by atoms with Crippen LogP contribution in [0, 0.1) is 0 Å². The monoisotopic (exact) mass is 380 g/mol. The molecule has 0 saturated heterocycles. The normalized spacial score (nSPS) is 11.5. The van der Waals surface area contributed by atoms with Gasteiger partial charge in [0.25, 0.3) is 0 Å². The first-order chi connectivity index (χ1) is 11.8. The third-order valence-electron chi connectivity index (χ3n) is 3.68. The number of carbonyl (C=O) groups is 1. The van der Waals surface area contributed by atoms with Crippen LogP contribution in [0.1, 0.15) is 30.9 Å². The van der Waals surface area contributed by atoms with Crippen LogP contribution in [0.25, 0.3) is 0 Å². The summed E-state index contributed by atoms with van der Waals surface area (Å²) in [6, 6.07) is 13.7. The Morgan fingerprint density at radius 1 is 1.04 bits per heavy atom. The van der Waals surface area contributed by atoms with Crippen LogP contribution in [-0.4, -0.2) is 20.9 Å². The van der Waals surface area contributed by atoms with Crippen molar-refractivity contribution in [1.82, 2.24) is 10.0 Å². The van der Waals surface area contributed by atoms with Gasteiger partial charge in [-0.25, -0.2) is 13.1 Å². The Kier molecular flexibility index (Phi) is 6.58. The maximum Gasteiger partial charge on any atom is 0.241 e. The van der Waals surface area contributed by atoms with E-state index in [0.717, 1.165) is 11.1 Å². The largest absolute Gasteiger partial charge is 0.351 e. The van der Waals surface area contributed by atoms with Crippen molar-refractivity contribution >= 4 is 27.5 Å². The zero-order valence-electron chi connectivity index (χ0n) is 14.1. The molecule has 0 aromatic heterocycles. The Hall–Kier alpha value is -1.89. The number of hydrogen-bond acceptors (Lipinski definition) is 3. The van der Waals surface area contributed by atoms with Gasteiger partial charge in [-0.2, -0.15) is 0 Å². The van der Waals surface area contributed by atoms with Gasteiger partial charge in [0.2, 0.25) is 15.9 Å². The zero-order chi connectivity index (χ0) is 18.4. The zero-order valence-corrected chi connectivity index (χ0v) is 15.7. The van der Waals surface area contributed by atoms with E-state index in [4.69, 9.17) is 11.6 Å². The highest BCUT2D eigenvalue weighted by Crippen LogP contribution is 2.17. The van der Waals surface area contributed by atoms with Gasteiger partial charge in [0.15, 0.2) is 0 Å². The van der Waals surface area contributed by atoms with Crippen LogP contribution in [0.4, 0.5) is 0 Å². The van der Waals surface area contributed by atoms with Gasteiger partial charge >= 0.3 is 0 Å². The van der Waals surface area contributed by atoms with Crippen molar-refractivity contribution in [3.8, 4) is 0 Å². The minimum Gasteiger partial charge on any atom is -0.351 e. The molecule has 0 atom stereocenters. The number of rotatable bonds is 7. The van der Waals surface area contributed by atoms with Crippen LogP contribution in [0.2, 0.25) is 5.02 Å². The second-order valence-corrected chi connectivity index (χ2v) is 8.15. The fourth-order valence-electron chi connectivity index (χ4n) is 2.14. The lowest BCUT2D eigenvalue weighted by Crippen LogP contribution is -2.36. The number of nitrogens with one attached hydrogen (secondary N) is 2. The highest BCUT2D eigenvalue weighted by Gasteiger charge is 2.15. The van der Waals surface area contributed by atoms with Crippen molar-refractivity contribution in [2.75, 3.05) is 6.54 Å². The Bertz CT molecular complexity index is 816. The highest BCUT2D eigenvalue weighted by atomic mass is 35.5. The molecule has 1 amide bonds. The van der Waals surface area contributed by atoms with E-state index in [-0.39, 0.29) is 11.4 Å². The summed E-state index contributed by atoms with van der Waals surface area (Å²) in [5.41, 5.74) is 1.93. The molecule has 25 heavy (non-hydrogen) atoms. The van der Waals surface area contributed by atoms with Crippen molar-refractivity contribution in [3.05, 3.63) is 64.7 Å². The van der Waals surface area contributed by atoms with E-state index < -0.39 is 15.9 Å². The lowest BCUT2D eigenvalue weighted by molar-refractivity contribution is -0.120. The van der Waals surface area contributed by atoms with Gasteiger partial charge in [0, 0.05) is 11.6 Å². The van der Waals surface area contributed by atoms with Crippen molar-refractivity contribution in [2.24, 2.45) is 0 Å². The average Bonchev–Trinajstić information content (AvgIpc) is 2.59. The first kappa shape index (κ1) is 19.4. The summed E-state index contributed by atoms with van der Waals surface area (Å²) in [6.45, 7) is 4.06. The fraction of sp³-hybridized carbons (Fsp3) is 0.278. The van der Waals surface area contributed by atoms with Crippen molar-refractivity contribution in [1.29, 1.82) is 0 Å². The first-order valence-electron chi connectivity index (χ1n) is 7.89. The third-order valence-corrected chi connectivity index (χ3v) is 5.35. The molecule has 5 nitrogen and oxygen atoms in total. The Morgan fingerprint density at radius 2 is 1.64 bits per heavy atom. The van der Waals surface area contributed by atoms with Crippen LogP contribution in [0.3, 0.4) is 0 Å². The molecule has 7 heteroatoms. The van der Waals surface area contributed by atoms with Gasteiger partial charge < -0.3 is 5.32 Å². The fourth-order valence-corrected chi connectivity index (χ4v) is 3.25. The number of benzene rings is 2. The molecule has 0 aliphatic rings. The number of halogens is 1. The van der Waals surface area contributed by atoms with Gasteiger partial charge in [0.05, 0.1) is 11.4 Å². The molecule has 0 fully saturated rings. The molecular formula is C18H21ClN2O3S. The van der Waals surface area contributed by atoms with E-state index in [9.17, 15) is 13.2 Å². The van der Waals surface area contributed by atoms with Crippen molar-refractivity contribution < 1.29 is 13.2 Å².